The van der Waals surface area contributed by atoms with Gasteiger partial charge in [-0.3, -0.25) is 9.59 Å². The summed E-state index contributed by atoms with van der Waals surface area (Å²) in [5, 5.41) is 0.409. The second kappa shape index (κ2) is 8.91. The molecular formula is C23H24ClF3N2O2. The van der Waals surface area contributed by atoms with Crippen LogP contribution in [0.15, 0.2) is 48.5 Å². The first kappa shape index (κ1) is 23.1. The highest BCUT2D eigenvalue weighted by molar-refractivity contribution is 6.30. The molecule has 0 radical (unpaired) electrons. The van der Waals surface area contributed by atoms with Crippen LogP contribution in [0, 0.1) is 5.92 Å². The van der Waals surface area contributed by atoms with E-state index in [1.54, 1.807) is 42.3 Å². The van der Waals surface area contributed by atoms with Crippen molar-refractivity contribution in [2.75, 3.05) is 20.1 Å². The zero-order valence-electron chi connectivity index (χ0n) is 17.5. The lowest BCUT2D eigenvalue weighted by Crippen LogP contribution is -2.40. The number of hydrogen-bond acceptors (Lipinski definition) is 2. The molecule has 2 aromatic rings. The van der Waals surface area contributed by atoms with Crippen molar-refractivity contribution >= 4 is 23.4 Å². The molecule has 0 unspecified atom stereocenters. The summed E-state index contributed by atoms with van der Waals surface area (Å²) in [6.45, 7) is 4.00. The number of carbonyl (C=O) groups excluding carboxylic acids is 2. The van der Waals surface area contributed by atoms with Crippen LogP contribution < -0.4 is 0 Å². The van der Waals surface area contributed by atoms with E-state index in [1.807, 2.05) is 13.8 Å². The zero-order chi connectivity index (χ0) is 22.9. The fourth-order valence-corrected chi connectivity index (χ4v) is 4.01. The molecule has 8 heteroatoms. The molecule has 1 heterocycles. The lowest BCUT2D eigenvalue weighted by molar-refractivity contribution is -0.137. The van der Waals surface area contributed by atoms with Crippen molar-refractivity contribution in [1.29, 1.82) is 0 Å². The minimum Gasteiger partial charge on any atom is -0.343 e. The van der Waals surface area contributed by atoms with Gasteiger partial charge in [-0.25, -0.2) is 0 Å². The number of alkyl halides is 3. The number of halogens is 4. The van der Waals surface area contributed by atoms with E-state index in [0.717, 1.165) is 12.1 Å². The monoisotopic (exact) mass is 452 g/mol. The van der Waals surface area contributed by atoms with E-state index < -0.39 is 23.6 Å². The van der Waals surface area contributed by atoms with Crippen molar-refractivity contribution in [2.45, 2.75) is 32.0 Å². The molecule has 1 aliphatic rings. The number of amides is 2. The van der Waals surface area contributed by atoms with Gasteiger partial charge >= 0.3 is 6.18 Å². The van der Waals surface area contributed by atoms with Crippen LogP contribution in [-0.2, 0) is 11.0 Å². The van der Waals surface area contributed by atoms with Gasteiger partial charge in [-0.2, -0.15) is 13.2 Å². The normalized spacial score (nSPS) is 19.0. The van der Waals surface area contributed by atoms with Gasteiger partial charge in [0.15, 0.2) is 0 Å². The van der Waals surface area contributed by atoms with Crippen LogP contribution in [0.25, 0.3) is 0 Å². The van der Waals surface area contributed by atoms with Gasteiger partial charge in [-0.15, -0.1) is 0 Å². The summed E-state index contributed by atoms with van der Waals surface area (Å²) in [5.41, 5.74) is 0.000335. The maximum Gasteiger partial charge on any atom is 0.416 e. The molecule has 31 heavy (non-hydrogen) atoms. The summed E-state index contributed by atoms with van der Waals surface area (Å²) in [6, 6.07) is 11.4. The second-order valence-corrected chi connectivity index (χ2v) is 8.54. The number of hydrogen-bond donors (Lipinski definition) is 0. The van der Waals surface area contributed by atoms with Crippen LogP contribution in [0.3, 0.4) is 0 Å². The predicted octanol–water partition coefficient (Wildman–Crippen LogP) is 5.08. The predicted molar refractivity (Wildman–Crippen MR) is 113 cm³/mol. The third-order valence-corrected chi connectivity index (χ3v) is 6.00. The minimum absolute atomic E-state index is 0.0765. The van der Waals surface area contributed by atoms with E-state index >= 15 is 0 Å². The van der Waals surface area contributed by atoms with Crippen molar-refractivity contribution in [3.8, 4) is 0 Å². The van der Waals surface area contributed by atoms with E-state index in [9.17, 15) is 22.8 Å². The van der Waals surface area contributed by atoms with Gasteiger partial charge in [0, 0.05) is 42.7 Å². The third-order valence-electron chi connectivity index (χ3n) is 5.76. The molecular weight excluding hydrogens is 429 g/mol. The Hall–Kier alpha value is -2.54. The van der Waals surface area contributed by atoms with Crippen LogP contribution in [0.5, 0.6) is 0 Å². The largest absolute Gasteiger partial charge is 0.416 e. The molecule has 1 aliphatic heterocycles. The summed E-state index contributed by atoms with van der Waals surface area (Å²) in [7, 11) is 1.66. The summed E-state index contributed by atoms with van der Waals surface area (Å²) < 4.78 is 39.8. The number of rotatable bonds is 4. The van der Waals surface area contributed by atoms with Crippen molar-refractivity contribution in [3.63, 3.8) is 0 Å². The number of likely N-dealkylation sites (tertiary alicyclic amines) is 1. The van der Waals surface area contributed by atoms with Gasteiger partial charge in [-0.1, -0.05) is 35.9 Å². The standard InChI is InChI=1S/C23H24ClF3N2O2/c1-14(2)28(3)22(31)20-13-29(21(30)16-7-5-9-18(24)11-16)12-19(20)15-6-4-8-17(10-15)23(25,26)27/h4-11,14,19-20H,12-13H2,1-3H3/t19-,20-/m1/s1. The maximum atomic E-state index is 13.3. The molecule has 2 atom stereocenters. The van der Waals surface area contributed by atoms with Gasteiger partial charge in [0.25, 0.3) is 5.91 Å². The van der Waals surface area contributed by atoms with E-state index in [1.165, 1.54) is 11.0 Å². The van der Waals surface area contributed by atoms with Crippen molar-refractivity contribution in [1.82, 2.24) is 9.80 Å². The summed E-state index contributed by atoms with van der Waals surface area (Å²) >= 11 is 6.00. The zero-order valence-corrected chi connectivity index (χ0v) is 18.2. The molecule has 0 bridgehead atoms. The smallest absolute Gasteiger partial charge is 0.343 e. The van der Waals surface area contributed by atoms with Crippen LogP contribution in [0.2, 0.25) is 5.02 Å². The average Bonchev–Trinajstić information content (AvgIpc) is 3.17. The fraction of sp³-hybridized carbons (Fsp3) is 0.391. The molecule has 4 nitrogen and oxygen atoms in total. The number of benzene rings is 2. The van der Waals surface area contributed by atoms with Crippen LogP contribution in [0.4, 0.5) is 13.2 Å². The highest BCUT2D eigenvalue weighted by Crippen LogP contribution is 2.38. The Balaban J connectivity index is 1.96. The lowest BCUT2D eigenvalue weighted by Gasteiger charge is -2.27. The SMILES string of the molecule is CC(C)N(C)C(=O)[C@@H]1CN(C(=O)c2cccc(Cl)c2)C[C@@H]1c1cccc(C(F)(F)F)c1. The molecule has 2 amide bonds. The molecule has 0 N–H and O–H groups in total. The molecule has 0 aliphatic carbocycles. The van der Waals surface area contributed by atoms with Crippen LogP contribution in [-0.4, -0.2) is 47.8 Å². The minimum atomic E-state index is -4.49. The quantitative estimate of drug-likeness (QED) is 0.649. The Bertz CT molecular complexity index is 977. The average molecular weight is 453 g/mol. The molecule has 0 spiro atoms. The Kier molecular flexibility index (Phi) is 6.65. The Morgan fingerprint density at radius 1 is 1.10 bits per heavy atom. The number of carbonyl (C=O) groups is 2. The number of nitrogens with zero attached hydrogens (tertiary/aromatic N) is 2. The van der Waals surface area contributed by atoms with Gasteiger partial charge < -0.3 is 9.80 Å². The van der Waals surface area contributed by atoms with E-state index in [-0.39, 0.29) is 30.9 Å². The van der Waals surface area contributed by atoms with Gasteiger partial charge in [0.2, 0.25) is 5.91 Å². The van der Waals surface area contributed by atoms with Gasteiger partial charge in [0.05, 0.1) is 11.5 Å². The molecule has 1 fully saturated rings. The molecule has 0 saturated carbocycles. The van der Waals surface area contributed by atoms with Gasteiger partial charge in [0.1, 0.15) is 0 Å². The molecule has 3 rings (SSSR count). The highest BCUT2D eigenvalue weighted by Gasteiger charge is 2.42. The van der Waals surface area contributed by atoms with Crippen molar-refractivity contribution in [2.24, 2.45) is 5.92 Å². The Labute approximate surface area is 184 Å². The maximum absolute atomic E-state index is 13.3. The highest BCUT2D eigenvalue weighted by atomic mass is 35.5. The first-order valence-corrected chi connectivity index (χ1v) is 10.4. The molecule has 0 aromatic heterocycles. The van der Waals surface area contributed by atoms with E-state index in [4.69, 9.17) is 11.6 Å². The van der Waals surface area contributed by atoms with E-state index in [0.29, 0.717) is 16.1 Å². The Morgan fingerprint density at radius 3 is 2.39 bits per heavy atom. The topological polar surface area (TPSA) is 40.6 Å². The fourth-order valence-electron chi connectivity index (χ4n) is 3.82. The second-order valence-electron chi connectivity index (χ2n) is 8.10. The van der Waals surface area contributed by atoms with Crippen molar-refractivity contribution < 1.29 is 22.8 Å². The summed E-state index contributed by atoms with van der Waals surface area (Å²) in [5.74, 6) is -1.68. The first-order valence-electron chi connectivity index (χ1n) is 9.97. The third kappa shape index (κ3) is 5.03. The molecule has 166 valence electrons. The molecule has 1 saturated heterocycles. The van der Waals surface area contributed by atoms with Crippen LogP contribution >= 0.6 is 11.6 Å². The molecule has 2 aromatic carbocycles. The lowest BCUT2D eigenvalue weighted by atomic mass is 9.87. The Morgan fingerprint density at radius 2 is 1.77 bits per heavy atom. The summed E-state index contributed by atoms with van der Waals surface area (Å²) in [6.07, 6.45) is -4.49. The van der Waals surface area contributed by atoms with Crippen molar-refractivity contribution in [3.05, 3.63) is 70.2 Å². The first-order chi connectivity index (χ1) is 14.5. The van der Waals surface area contributed by atoms with Crippen LogP contribution in [0.1, 0.15) is 41.3 Å². The summed E-state index contributed by atoms with van der Waals surface area (Å²) in [4.78, 5) is 29.3. The van der Waals surface area contributed by atoms with Gasteiger partial charge in [-0.05, 0) is 43.7 Å². The van der Waals surface area contributed by atoms with E-state index in [2.05, 4.69) is 0 Å².